The fourth-order valence-corrected chi connectivity index (χ4v) is 1.92. The van der Waals surface area contributed by atoms with Crippen molar-refractivity contribution >= 4 is 11.6 Å². The Morgan fingerprint density at radius 3 is 2.89 bits per heavy atom. The largest absolute Gasteiger partial charge is 0.454 e. The molecule has 2 aromatic rings. The Morgan fingerprint density at radius 2 is 2.21 bits per heavy atom. The predicted molar refractivity (Wildman–Crippen MR) is 70.9 cm³/mol. The standard InChI is InChI=1S/C15H10ClFNO/c1-2-11-4-3-5-14(17)15(11)19-13-7-10(9-18)6-12(16)8-13/h3-4,6-8H,2H2,1H3. The molecule has 4 heteroatoms. The molecule has 0 aliphatic rings. The van der Waals surface area contributed by atoms with Crippen molar-refractivity contribution in [2.24, 2.45) is 0 Å². The summed E-state index contributed by atoms with van der Waals surface area (Å²) in [5.41, 5.74) is 1.09. The van der Waals surface area contributed by atoms with Crippen molar-refractivity contribution < 1.29 is 9.13 Å². The molecule has 0 fully saturated rings. The van der Waals surface area contributed by atoms with E-state index in [1.807, 2.05) is 13.0 Å². The minimum Gasteiger partial charge on any atom is -0.454 e. The monoisotopic (exact) mass is 274 g/mol. The SMILES string of the molecule is CCc1cc[c]c(F)c1Oc1cc(Cl)cc(C#N)c1. The molecule has 0 aromatic heterocycles. The molecule has 19 heavy (non-hydrogen) atoms. The molecule has 2 rings (SSSR count). The Morgan fingerprint density at radius 1 is 1.42 bits per heavy atom. The van der Waals surface area contributed by atoms with E-state index in [9.17, 15) is 4.39 Å². The van der Waals surface area contributed by atoms with Crippen LogP contribution in [0.25, 0.3) is 0 Å². The third-order valence-electron chi connectivity index (χ3n) is 2.59. The molecule has 0 saturated carbocycles. The van der Waals surface area contributed by atoms with Crippen molar-refractivity contribution in [3.8, 4) is 17.6 Å². The van der Waals surface area contributed by atoms with Crippen LogP contribution in [0.5, 0.6) is 11.5 Å². The third kappa shape index (κ3) is 3.04. The number of nitrogens with zero attached hydrogens (tertiary/aromatic N) is 1. The highest BCUT2D eigenvalue weighted by Crippen LogP contribution is 2.30. The molecule has 0 saturated heterocycles. The first-order valence-corrected chi connectivity index (χ1v) is 6.09. The van der Waals surface area contributed by atoms with Crippen molar-refractivity contribution in [2.45, 2.75) is 13.3 Å². The third-order valence-corrected chi connectivity index (χ3v) is 2.81. The summed E-state index contributed by atoms with van der Waals surface area (Å²) < 4.78 is 19.2. The molecule has 0 aliphatic heterocycles. The van der Waals surface area contributed by atoms with Gasteiger partial charge in [0.25, 0.3) is 0 Å². The smallest absolute Gasteiger partial charge is 0.173 e. The minimum atomic E-state index is -0.558. The molecule has 0 unspecified atom stereocenters. The summed E-state index contributed by atoms with van der Waals surface area (Å²) in [4.78, 5) is 0. The zero-order valence-corrected chi connectivity index (χ0v) is 11.0. The van der Waals surface area contributed by atoms with Gasteiger partial charge in [-0.25, -0.2) is 4.39 Å². The lowest BCUT2D eigenvalue weighted by molar-refractivity contribution is 0.436. The molecule has 0 amide bonds. The molecule has 0 heterocycles. The number of aryl methyl sites for hydroxylation is 1. The van der Waals surface area contributed by atoms with Crippen LogP contribution in [0.3, 0.4) is 0 Å². The van der Waals surface area contributed by atoms with E-state index in [0.29, 0.717) is 22.8 Å². The van der Waals surface area contributed by atoms with E-state index in [4.69, 9.17) is 21.6 Å². The second-order valence-electron chi connectivity index (χ2n) is 3.89. The summed E-state index contributed by atoms with van der Waals surface area (Å²) in [5, 5.41) is 9.23. The van der Waals surface area contributed by atoms with E-state index in [2.05, 4.69) is 6.07 Å². The number of benzene rings is 2. The van der Waals surface area contributed by atoms with E-state index in [1.54, 1.807) is 6.07 Å². The summed E-state index contributed by atoms with van der Waals surface area (Å²) in [6.07, 6.45) is 0.632. The quantitative estimate of drug-likeness (QED) is 0.825. The average Bonchev–Trinajstić information content (AvgIpc) is 2.40. The average molecular weight is 275 g/mol. The summed E-state index contributed by atoms with van der Waals surface area (Å²) in [5.74, 6) is -0.105. The highest BCUT2D eigenvalue weighted by atomic mass is 35.5. The Kier molecular flexibility index (Phi) is 4.03. The van der Waals surface area contributed by atoms with Crippen LogP contribution < -0.4 is 4.74 Å². The summed E-state index contributed by atoms with van der Waals surface area (Å²) in [6.45, 7) is 1.90. The lowest BCUT2D eigenvalue weighted by Crippen LogP contribution is -1.94. The van der Waals surface area contributed by atoms with Crippen LogP contribution in [0.1, 0.15) is 18.1 Å². The van der Waals surface area contributed by atoms with Crippen LogP contribution >= 0.6 is 11.6 Å². The predicted octanol–water partition coefficient (Wildman–Crippen LogP) is 4.51. The van der Waals surface area contributed by atoms with E-state index in [1.165, 1.54) is 24.3 Å². The van der Waals surface area contributed by atoms with Crippen LogP contribution in [0.4, 0.5) is 4.39 Å². The fraction of sp³-hybridized carbons (Fsp3) is 0.133. The summed E-state index contributed by atoms with van der Waals surface area (Å²) >= 11 is 5.88. The van der Waals surface area contributed by atoms with Gasteiger partial charge in [-0.05, 0) is 30.2 Å². The van der Waals surface area contributed by atoms with Crippen LogP contribution in [-0.2, 0) is 6.42 Å². The van der Waals surface area contributed by atoms with Crippen LogP contribution in [0, 0.1) is 23.2 Å². The van der Waals surface area contributed by atoms with Gasteiger partial charge in [-0.15, -0.1) is 0 Å². The van der Waals surface area contributed by atoms with Gasteiger partial charge in [0.2, 0.25) is 0 Å². The van der Waals surface area contributed by atoms with Crippen molar-refractivity contribution in [1.29, 1.82) is 5.26 Å². The summed E-state index contributed by atoms with van der Waals surface area (Å²) in [7, 11) is 0. The van der Waals surface area contributed by atoms with E-state index < -0.39 is 5.82 Å². The molecule has 0 spiro atoms. The second kappa shape index (κ2) is 5.73. The lowest BCUT2D eigenvalue weighted by atomic mass is 10.1. The van der Waals surface area contributed by atoms with Gasteiger partial charge in [-0.2, -0.15) is 5.26 Å². The highest BCUT2D eigenvalue weighted by Gasteiger charge is 2.11. The van der Waals surface area contributed by atoms with Crippen LogP contribution in [0.2, 0.25) is 5.02 Å². The number of nitriles is 1. The fourth-order valence-electron chi connectivity index (χ4n) is 1.69. The lowest BCUT2D eigenvalue weighted by Gasteiger charge is -2.11. The number of halogens is 2. The van der Waals surface area contributed by atoms with Crippen LogP contribution in [0.15, 0.2) is 30.3 Å². The molecule has 95 valence electrons. The summed E-state index contributed by atoms with van der Waals surface area (Å²) in [6, 6.07) is 12.2. The van der Waals surface area contributed by atoms with Crippen molar-refractivity contribution in [3.05, 3.63) is 58.4 Å². The van der Waals surface area contributed by atoms with Gasteiger partial charge >= 0.3 is 0 Å². The maximum absolute atomic E-state index is 13.7. The molecule has 2 nitrogen and oxygen atoms in total. The molecule has 0 N–H and O–H groups in total. The molecular weight excluding hydrogens is 265 g/mol. The van der Waals surface area contributed by atoms with Crippen LogP contribution in [-0.4, -0.2) is 0 Å². The van der Waals surface area contributed by atoms with Gasteiger partial charge in [0.15, 0.2) is 11.6 Å². The first-order valence-electron chi connectivity index (χ1n) is 5.71. The molecule has 0 bridgehead atoms. The molecular formula is C15H10ClFNO. The normalized spacial score (nSPS) is 10.0. The number of hydrogen-bond donors (Lipinski definition) is 0. The number of hydrogen-bond acceptors (Lipinski definition) is 2. The van der Waals surface area contributed by atoms with Gasteiger partial charge < -0.3 is 4.74 Å². The molecule has 2 aromatic carbocycles. The molecule has 0 aliphatic carbocycles. The number of ether oxygens (including phenoxy) is 1. The minimum absolute atomic E-state index is 0.121. The second-order valence-corrected chi connectivity index (χ2v) is 4.33. The first kappa shape index (κ1) is 13.4. The van der Waals surface area contributed by atoms with Crippen molar-refractivity contribution in [3.63, 3.8) is 0 Å². The van der Waals surface area contributed by atoms with E-state index >= 15 is 0 Å². The molecule has 0 atom stereocenters. The van der Waals surface area contributed by atoms with Gasteiger partial charge in [0, 0.05) is 11.1 Å². The Hall–Kier alpha value is -2.05. The van der Waals surface area contributed by atoms with Crippen molar-refractivity contribution in [1.82, 2.24) is 0 Å². The Balaban J connectivity index is 2.42. The maximum atomic E-state index is 13.7. The molecule has 1 radical (unpaired) electrons. The number of rotatable bonds is 3. The Labute approximate surface area is 116 Å². The van der Waals surface area contributed by atoms with Gasteiger partial charge in [-0.3, -0.25) is 0 Å². The van der Waals surface area contributed by atoms with E-state index in [-0.39, 0.29) is 5.75 Å². The Bertz CT molecular complexity index is 649. The van der Waals surface area contributed by atoms with Gasteiger partial charge in [-0.1, -0.05) is 30.7 Å². The highest BCUT2D eigenvalue weighted by molar-refractivity contribution is 6.30. The zero-order valence-electron chi connectivity index (χ0n) is 10.2. The maximum Gasteiger partial charge on any atom is 0.173 e. The van der Waals surface area contributed by atoms with E-state index in [0.717, 1.165) is 5.56 Å². The van der Waals surface area contributed by atoms with Crippen molar-refractivity contribution in [2.75, 3.05) is 0 Å². The van der Waals surface area contributed by atoms with Gasteiger partial charge in [0.05, 0.1) is 11.6 Å². The van der Waals surface area contributed by atoms with Gasteiger partial charge in [0.1, 0.15) is 5.75 Å². The zero-order chi connectivity index (χ0) is 13.8. The first-order chi connectivity index (χ1) is 9.13. The topological polar surface area (TPSA) is 33.0 Å².